The first-order valence-electron chi connectivity index (χ1n) is 8.72. The third-order valence-corrected chi connectivity index (χ3v) is 3.79. The fraction of sp³-hybridized carbons (Fsp3) is 0.667. The second-order valence-electron chi connectivity index (χ2n) is 5.63. The van der Waals surface area contributed by atoms with Crippen molar-refractivity contribution in [1.29, 1.82) is 0 Å². The summed E-state index contributed by atoms with van der Waals surface area (Å²) in [5, 5.41) is 6.73. The van der Waals surface area contributed by atoms with Gasteiger partial charge in [-0.2, -0.15) is 0 Å². The van der Waals surface area contributed by atoms with E-state index in [-0.39, 0.29) is 0 Å². The number of unbranched alkanes of at least 4 members (excludes halogenated alkanes) is 1. The molecule has 0 aromatic carbocycles. The zero-order valence-electron chi connectivity index (χ0n) is 14.4. The van der Waals surface area contributed by atoms with Gasteiger partial charge in [-0.3, -0.25) is 9.98 Å². The van der Waals surface area contributed by atoms with Crippen molar-refractivity contribution >= 4 is 5.96 Å². The third-order valence-electron chi connectivity index (χ3n) is 3.79. The minimum absolute atomic E-state index is 0.700. The second-order valence-corrected chi connectivity index (χ2v) is 5.63. The molecule has 1 unspecified atom stereocenters. The molecule has 0 amide bonds. The zero-order valence-corrected chi connectivity index (χ0v) is 14.4. The van der Waals surface area contributed by atoms with Gasteiger partial charge < -0.3 is 10.6 Å². The fourth-order valence-electron chi connectivity index (χ4n) is 2.33. The van der Waals surface area contributed by atoms with Crippen molar-refractivity contribution in [1.82, 2.24) is 15.6 Å². The summed E-state index contributed by atoms with van der Waals surface area (Å²) < 4.78 is 0. The molecule has 0 aliphatic carbocycles. The average molecular weight is 304 g/mol. The Morgan fingerprint density at radius 3 is 2.73 bits per heavy atom. The minimum Gasteiger partial charge on any atom is -0.357 e. The first-order chi connectivity index (χ1) is 10.8. The van der Waals surface area contributed by atoms with Gasteiger partial charge in [-0.25, -0.2) is 0 Å². The molecule has 1 heterocycles. The smallest absolute Gasteiger partial charge is 0.191 e. The van der Waals surface area contributed by atoms with Crippen LogP contribution >= 0.6 is 0 Å². The Balaban J connectivity index is 2.40. The van der Waals surface area contributed by atoms with E-state index in [0.717, 1.165) is 37.7 Å². The van der Waals surface area contributed by atoms with Gasteiger partial charge in [-0.1, -0.05) is 39.2 Å². The third kappa shape index (κ3) is 8.01. The molecular formula is C18H32N4. The summed E-state index contributed by atoms with van der Waals surface area (Å²) in [5.74, 6) is 1.62. The number of hydrogen-bond donors (Lipinski definition) is 2. The van der Waals surface area contributed by atoms with Crippen molar-refractivity contribution in [3.63, 3.8) is 0 Å². The molecule has 1 rings (SSSR count). The van der Waals surface area contributed by atoms with E-state index in [9.17, 15) is 0 Å². The highest BCUT2D eigenvalue weighted by molar-refractivity contribution is 5.79. The Bertz CT molecular complexity index is 403. The van der Waals surface area contributed by atoms with Gasteiger partial charge in [0.05, 0.1) is 0 Å². The van der Waals surface area contributed by atoms with Gasteiger partial charge in [0, 0.05) is 37.9 Å². The molecule has 22 heavy (non-hydrogen) atoms. The van der Waals surface area contributed by atoms with E-state index in [0.29, 0.717) is 5.92 Å². The molecule has 0 fully saturated rings. The number of pyridine rings is 1. The Morgan fingerprint density at radius 2 is 2.09 bits per heavy atom. The predicted octanol–water partition coefficient (Wildman–Crippen LogP) is 3.40. The minimum atomic E-state index is 0.700. The number of hydrogen-bond acceptors (Lipinski definition) is 2. The topological polar surface area (TPSA) is 49.3 Å². The summed E-state index contributed by atoms with van der Waals surface area (Å²) in [6.07, 6.45) is 7.81. The molecule has 0 aliphatic heterocycles. The van der Waals surface area contributed by atoms with E-state index in [1.807, 2.05) is 18.3 Å². The lowest BCUT2D eigenvalue weighted by Gasteiger charge is -2.15. The van der Waals surface area contributed by atoms with Crippen molar-refractivity contribution in [2.75, 3.05) is 19.6 Å². The predicted molar refractivity (Wildman–Crippen MR) is 95.2 cm³/mol. The lowest BCUT2D eigenvalue weighted by molar-refractivity contribution is 0.461. The Labute approximate surface area is 135 Å². The molecular weight excluding hydrogens is 272 g/mol. The average Bonchev–Trinajstić information content (AvgIpc) is 2.56. The molecule has 1 aromatic heterocycles. The summed E-state index contributed by atoms with van der Waals surface area (Å²) in [6, 6.07) is 6.04. The van der Waals surface area contributed by atoms with Gasteiger partial charge >= 0.3 is 0 Å². The summed E-state index contributed by atoms with van der Waals surface area (Å²) in [7, 11) is 0. The Hall–Kier alpha value is -1.58. The van der Waals surface area contributed by atoms with Crippen LogP contribution in [0.4, 0.5) is 0 Å². The molecule has 4 heteroatoms. The summed E-state index contributed by atoms with van der Waals surface area (Å²) >= 11 is 0. The molecule has 0 saturated heterocycles. The highest BCUT2D eigenvalue weighted by Gasteiger charge is 2.06. The van der Waals surface area contributed by atoms with Gasteiger partial charge in [0.15, 0.2) is 5.96 Å². The molecule has 1 atom stereocenters. The van der Waals surface area contributed by atoms with Crippen LogP contribution in [0.25, 0.3) is 0 Å². The lowest BCUT2D eigenvalue weighted by atomic mass is 10.00. The molecule has 124 valence electrons. The fourth-order valence-corrected chi connectivity index (χ4v) is 2.33. The van der Waals surface area contributed by atoms with Gasteiger partial charge in [0.25, 0.3) is 0 Å². The van der Waals surface area contributed by atoms with E-state index < -0.39 is 0 Å². The monoisotopic (exact) mass is 304 g/mol. The molecule has 0 radical (unpaired) electrons. The van der Waals surface area contributed by atoms with Crippen molar-refractivity contribution in [3.8, 4) is 0 Å². The van der Waals surface area contributed by atoms with Crippen LogP contribution in [0.5, 0.6) is 0 Å². The van der Waals surface area contributed by atoms with Crippen LogP contribution in [0.15, 0.2) is 29.4 Å². The van der Waals surface area contributed by atoms with Crippen molar-refractivity contribution in [2.45, 2.75) is 52.9 Å². The number of guanidine groups is 1. The van der Waals surface area contributed by atoms with Crippen LogP contribution in [-0.2, 0) is 6.42 Å². The van der Waals surface area contributed by atoms with Crippen molar-refractivity contribution in [2.24, 2.45) is 10.9 Å². The molecule has 2 N–H and O–H groups in total. The molecule has 0 bridgehead atoms. The highest BCUT2D eigenvalue weighted by Crippen LogP contribution is 2.12. The maximum atomic E-state index is 4.74. The van der Waals surface area contributed by atoms with Gasteiger partial charge in [-0.15, -0.1) is 0 Å². The van der Waals surface area contributed by atoms with Gasteiger partial charge in [-0.05, 0) is 31.4 Å². The number of aromatic nitrogens is 1. The Morgan fingerprint density at radius 1 is 1.23 bits per heavy atom. The quantitative estimate of drug-likeness (QED) is 0.514. The molecule has 0 saturated carbocycles. The van der Waals surface area contributed by atoms with Crippen LogP contribution in [0.1, 0.15) is 52.1 Å². The maximum absolute atomic E-state index is 4.74. The first-order valence-corrected chi connectivity index (χ1v) is 8.72. The number of nitrogens with one attached hydrogen (secondary N) is 2. The van der Waals surface area contributed by atoms with E-state index >= 15 is 0 Å². The van der Waals surface area contributed by atoms with E-state index in [2.05, 4.69) is 42.5 Å². The number of nitrogens with zero attached hydrogens (tertiary/aromatic N) is 2. The largest absolute Gasteiger partial charge is 0.357 e. The lowest BCUT2D eigenvalue weighted by Crippen LogP contribution is -2.38. The highest BCUT2D eigenvalue weighted by atomic mass is 15.2. The van der Waals surface area contributed by atoms with E-state index in [1.54, 1.807) is 0 Å². The van der Waals surface area contributed by atoms with Crippen LogP contribution < -0.4 is 10.6 Å². The van der Waals surface area contributed by atoms with Crippen LogP contribution in [0.3, 0.4) is 0 Å². The molecule has 4 nitrogen and oxygen atoms in total. The van der Waals surface area contributed by atoms with Crippen LogP contribution in [0, 0.1) is 5.92 Å². The van der Waals surface area contributed by atoms with Crippen molar-refractivity contribution in [3.05, 3.63) is 30.1 Å². The molecule has 1 aromatic rings. The van der Waals surface area contributed by atoms with Crippen LogP contribution in [-0.4, -0.2) is 30.6 Å². The second kappa shape index (κ2) is 12.0. The first kappa shape index (κ1) is 18.5. The summed E-state index contributed by atoms with van der Waals surface area (Å²) in [5.41, 5.74) is 1.11. The number of rotatable bonds is 10. The normalized spacial score (nSPS) is 13.0. The summed E-state index contributed by atoms with van der Waals surface area (Å²) in [6.45, 7) is 9.27. The zero-order chi connectivity index (χ0) is 16.0. The summed E-state index contributed by atoms with van der Waals surface area (Å²) in [4.78, 5) is 9.09. The van der Waals surface area contributed by atoms with Crippen LogP contribution in [0.2, 0.25) is 0 Å². The van der Waals surface area contributed by atoms with E-state index in [1.165, 1.54) is 25.7 Å². The Kier molecular flexibility index (Phi) is 10.1. The number of aliphatic imine (C=N–C) groups is 1. The van der Waals surface area contributed by atoms with Crippen molar-refractivity contribution < 1.29 is 0 Å². The van der Waals surface area contributed by atoms with Gasteiger partial charge in [0.1, 0.15) is 0 Å². The standard InChI is InChI=1S/C18H32N4/c1-4-7-10-16(5-2)15-22-18(19-6-3)21-14-12-17-11-8-9-13-20-17/h8-9,11,13,16H,4-7,10,12,14-15H2,1-3H3,(H2,19,21,22). The molecule has 0 aliphatic rings. The van der Waals surface area contributed by atoms with E-state index in [4.69, 9.17) is 4.99 Å². The SMILES string of the molecule is CCCCC(CC)CN=C(NCC)NCCc1ccccn1. The maximum Gasteiger partial charge on any atom is 0.191 e. The molecule has 0 spiro atoms. The van der Waals surface area contributed by atoms with Gasteiger partial charge in [0.2, 0.25) is 0 Å².